The average molecular weight is 435 g/mol. The molecule has 0 atom stereocenters. The van der Waals surface area contributed by atoms with E-state index in [0.717, 1.165) is 27.3 Å². The van der Waals surface area contributed by atoms with E-state index in [0.29, 0.717) is 0 Å². The molecule has 1 nitrogen and oxygen atoms in total. The van der Waals surface area contributed by atoms with Gasteiger partial charge in [0.05, 0.1) is 7.11 Å². The lowest BCUT2D eigenvalue weighted by atomic mass is 9.97. The second-order valence-electron chi connectivity index (χ2n) is 5.83. The molecule has 0 amide bonds. The Hall–Kier alpha value is -1.17. The molecule has 4 rings (SSSR count). The fourth-order valence-corrected chi connectivity index (χ4v) is 7.79. The lowest BCUT2D eigenvalue weighted by molar-refractivity contribution is 0.415. The molecule has 0 bridgehead atoms. The van der Waals surface area contributed by atoms with Crippen LogP contribution in [0.4, 0.5) is 4.39 Å². The van der Waals surface area contributed by atoms with Gasteiger partial charge in [-0.3, -0.25) is 0 Å². The van der Waals surface area contributed by atoms with Crippen molar-refractivity contribution in [2.45, 2.75) is 4.08 Å². The molecule has 0 N–H and O–H groups in total. The van der Waals surface area contributed by atoms with Crippen LogP contribution in [0.5, 0.6) is 5.75 Å². The summed E-state index contributed by atoms with van der Waals surface area (Å²) < 4.78 is 19.6. The van der Waals surface area contributed by atoms with Crippen LogP contribution >= 0.6 is 39.5 Å². The minimum absolute atomic E-state index is 0.148. The van der Waals surface area contributed by atoms with E-state index >= 15 is 0 Å². The van der Waals surface area contributed by atoms with E-state index in [2.05, 4.69) is 34.1 Å². The SMILES string of the molecule is COc1ccc(C2=C(Br)C=C(c3ccc(F)cc3)C23SCCS3)cc1. The number of rotatable bonds is 3. The molecular formula is C20H16BrFOS2. The fourth-order valence-electron chi connectivity index (χ4n) is 3.29. The number of ether oxygens (including phenoxy) is 1. The van der Waals surface area contributed by atoms with Crippen molar-refractivity contribution >= 4 is 50.6 Å². The van der Waals surface area contributed by atoms with E-state index in [4.69, 9.17) is 4.74 Å². The summed E-state index contributed by atoms with van der Waals surface area (Å²) >= 11 is 7.70. The largest absolute Gasteiger partial charge is 0.497 e. The highest BCUT2D eigenvalue weighted by molar-refractivity contribution is 9.12. The van der Waals surface area contributed by atoms with Crippen molar-refractivity contribution in [1.82, 2.24) is 0 Å². The van der Waals surface area contributed by atoms with Crippen molar-refractivity contribution in [3.05, 3.63) is 76.0 Å². The highest BCUT2D eigenvalue weighted by Gasteiger charge is 2.47. The number of benzene rings is 2. The summed E-state index contributed by atoms with van der Waals surface area (Å²) in [6, 6.07) is 15.0. The second-order valence-corrected chi connectivity index (χ2v) is 9.56. The summed E-state index contributed by atoms with van der Waals surface area (Å²) in [4.78, 5) is 0. The van der Waals surface area contributed by atoms with E-state index in [9.17, 15) is 4.39 Å². The third-order valence-corrected chi connectivity index (χ3v) is 8.49. The van der Waals surface area contributed by atoms with E-state index < -0.39 is 0 Å². The molecule has 0 saturated carbocycles. The van der Waals surface area contributed by atoms with Crippen molar-refractivity contribution in [2.24, 2.45) is 0 Å². The smallest absolute Gasteiger partial charge is 0.123 e. The van der Waals surface area contributed by atoms with Gasteiger partial charge in [-0.1, -0.05) is 40.2 Å². The van der Waals surface area contributed by atoms with Crippen molar-refractivity contribution in [1.29, 1.82) is 0 Å². The summed E-state index contributed by atoms with van der Waals surface area (Å²) in [5.74, 6) is 2.85. The van der Waals surface area contributed by atoms with Crippen LogP contribution in [0.3, 0.4) is 0 Å². The van der Waals surface area contributed by atoms with Crippen molar-refractivity contribution in [3.8, 4) is 5.75 Å². The van der Waals surface area contributed by atoms with Gasteiger partial charge in [-0.25, -0.2) is 4.39 Å². The highest BCUT2D eigenvalue weighted by atomic mass is 79.9. The Morgan fingerprint density at radius 3 is 2.16 bits per heavy atom. The molecule has 1 aliphatic heterocycles. The molecule has 1 heterocycles. The van der Waals surface area contributed by atoms with Crippen LogP contribution in [-0.4, -0.2) is 22.7 Å². The predicted molar refractivity (Wildman–Crippen MR) is 111 cm³/mol. The Morgan fingerprint density at radius 1 is 0.960 bits per heavy atom. The van der Waals surface area contributed by atoms with Crippen molar-refractivity contribution in [3.63, 3.8) is 0 Å². The van der Waals surface area contributed by atoms with Crippen LogP contribution < -0.4 is 4.74 Å². The molecule has 5 heteroatoms. The lowest BCUT2D eigenvalue weighted by Gasteiger charge is -2.30. The van der Waals surface area contributed by atoms with E-state index in [1.807, 2.05) is 47.8 Å². The van der Waals surface area contributed by atoms with Gasteiger partial charge in [-0.15, -0.1) is 23.5 Å². The van der Waals surface area contributed by atoms with Gasteiger partial charge in [-0.05, 0) is 47.0 Å². The molecule has 25 heavy (non-hydrogen) atoms. The summed E-state index contributed by atoms with van der Waals surface area (Å²) in [5.41, 5.74) is 4.77. The highest BCUT2D eigenvalue weighted by Crippen LogP contribution is 2.64. The first-order valence-corrected chi connectivity index (χ1v) is 10.7. The van der Waals surface area contributed by atoms with E-state index in [1.165, 1.54) is 28.8 Å². The zero-order valence-electron chi connectivity index (χ0n) is 13.6. The normalized spacial score (nSPS) is 18.8. The minimum Gasteiger partial charge on any atom is -0.497 e. The lowest BCUT2D eigenvalue weighted by Crippen LogP contribution is -2.19. The van der Waals surface area contributed by atoms with Gasteiger partial charge in [0, 0.05) is 21.6 Å². The first-order valence-electron chi connectivity index (χ1n) is 7.95. The molecule has 1 aliphatic carbocycles. The Labute approximate surface area is 163 Å². The van der Waals surface area contributed by atoms with Crippen LogP contribution in [0, 0.1) is 5.82 Å². The van der Waals surface area contributed by atoms with Crippen LogP contribution in [-0.2, 0) is 0 Å². The summed E-state index contributed by atoms with van der Waals surface area (Å²) in [7, 11) is 1.68. The quantitative estimate of drug-likeness (QED) is 0.567. The van der Waals surface area contributed by atoms with Gasteiger partial charge < -0.3 is 4.74 Å². The third kappa shape index (κ3) is 2.96. The van der Waals surface area contributed by atoms with E-state index in [1.54, 1.807) is 7.11 Å². The zero-order valence-corrected chi connectivity index (χ0v) is 16.8. The zero-order chi connectivity index (χ0) is 17.4. The monoisotopic (exact) mass is 434 g/mol. The minimum atomic E-state index is -0.203. The van der Waals surface area contributed by atoms with Crippen LogP contribution in [0.1, 0.15) is 11.1 Å². The number of methoxy groups -OCH3 is 1. The first-order chi connectivity index (χ1) is 12.1. The summed E-state index contributed by atoms with van der Waals surface area (Å²) in [5, 5.41) is 0. The molecule has 2 aromatic rings. The molecule has 1 spiro atoms. The van der Waals surface area contributed by atoms with Gasteiger partial charge in [0.2, 0.25) is 0 Å². The van der Waals surface area contributed by atoms with Crippen LogP contribution in [0.25, 0.3) is 11.1 Å². The molecular weight excluding hydrogens is 419 g/mol. The molecule has 1 saturated heterocycles. The fraction of sp³-hybridized carbons (Fsp3) is 0.200. The maximum atomic E-state index is 13.4. The molecule has 2 aromatic carbocycles. The Morgan fingerprint density at radius 2 is 1.56 bits per heavy atom. The molecule has 128 valence electrons. The van der Waals surface area contributed by atoms with Gasteiger partial charge in [0.15, 0.2) is 0 Å². The average Bonchev–Trinajstić information content (AvgIpc) is 3.22. The first kappa shape index (κ1) is 17.3. The topological polar surface area (TPSA) is 9.23 Å². The molecule has 0 unspecified atom stereocenters. The van der Waals surface area contributed by atoms with Gasteiger partial charge >= 0.3 is 0 Å². The Kier molecular flexibility index (Phi) is 4.73. The maximum absolute atomic E-state index is 13.4. The molecule has 0 radical (unpaired) electrons. The van der Waals surface area contributed by atoms with Crippen molar-refractivity contribution in [2.75, 3.05) is 18.6 Å². The number of allylic oxidation sites excluding steroid dienone is 2. The standard InChI is InChI=1S/C20H16BrFOS2/c1-23-16-8-4-14(5-9-16)19-18(21)12-17(20(19)24-10-11-25-20)13-2-6-15(22)7-3-13/h2-9,12H,10-11H2,1H3. The van der Waals surface area contributed by atoms with Crippen molar-refractivity contribution < 1.29 is 9.13 Å². The number of halogens is 2. The van der Waals surface area contributed by atoms with Crippen LogP contribution in [0.2, 0.25) is 0 Å². The second kappa shape index (κ2) is 6.86. The number of hydrogen-bond acceptors (Lipinski definition) is 3. The third-order valence-electron chi connectivity index (χ3n) is 4.42. The van der Waals surface area contributed by atoms with Gasteiger partial charge in [-0.2, -0.15) is 0 Å². The van der Waals surface area contributed by atoms with Gasteiger partial charge in [0.25, 0.3) is 0 Å². The predicted octanol–water partition coefficient (Wildman–Crippen LogP) is 6.21. The Bertz CT molecular complexity index is 850. The number of thioether (sulfide) groups is 2. The number of hydrogen-bond donors (Lipinski definition) is 0. The van der Waals surface area contributed by atoms with Crippen LogP contribution in [0.15, 0.2) is 59.1 Å². The maximum Gasteiger partial charge on any atom is 0.123 e. The summed E-state index contributed by atoms with van der Waals surface area (Å²) in [6.45, 7) is 0. The van der Waals surface area contributed by atoms with E-state index in [-0.39, 0.29) is 9.90 Å². The molecule has 0 aromatic heterocycles. The molecule has 1 fully saturated rings. The molecule has 2 aliphatic rings. The van der Waals surface area contributed by atoms with Gasteiger partial charge in [0.1, 0.15) is 15.6 Å². The summed E-state index contributed by atoms with van der Waals surface area (Å²) in [6.07, 6.45) is 2.19. The Balaban J connectivity index is 1.80.